The molecule has 1 amide bonds. The summed E-state index contributed by atoms with van der Waals surface area (Å²) in [6.07, 6.45) is 4.45. The van der Waals surface area contributed by atoms with E-state index in [0.29, 0.717) is 24.8 Å². The number of phenolic OH excluding ortho intramolecular Hbond substituents is 1. The van der Waals surface area contributed by atoms with E-state index in [1.54, 1.807) is 12.1 Å². The molecule has 122 valence electrons. The first kappa shape index (κ1) is 16.7. The fraction of sp³-hybridized carbons (Fsp3) is 0.611. The minimum absolute atomic E-state index is 0.252. The molecule has 1 aromatic carbocycles. The standard InChI is InChI=1S/C18H27NO3/c1-18(2,15-9-12-19(13-10-15)17(21)22)11-3-4-14-5-7-16(20)8-6-14/h5-8,15,20H,3-4,9-13H2,1-2H3,(H,21,22). The quantitative estimate of drug-likeness (QED) is 0.859. The molecule has 1 aliphatic rings. The van der Waals surface area contributed by atoms with Crippen LogP contribution in [-0.2, 0) is 6.42 Å². The van der Waals surface area contributed by atoms with Gasteiger partial charge in [0.05, 0.1) is 0 Å². The van der Waals surface area contributed by atoms with Crippen molar-refractivity contribution in [2.45, 2.75) is 46.0 Å². The number of likely N-dealkylation sites (tertiary alicyclic amines) is 1. The SMILES string of the molecule is CC(C)(CCCc1ccc(O)cc1)C1CCN(C(=O)O)CC1. The highest BCUT2D eigenvalue weighted by molar-refractivity contribution is 5.64. The van der Waals surface area contributed by atoms with E-state index < -0.39 is 6.09 Å². The average Bonchev–Trinajstić information content (AvgIpc) is 2.49. The van der Waals surface area contributed by atoms with E-state index in [0.717, 1.165) is 32.1 Å². The van der Waals surface area contributed by atoms with Gasteiger partial charge in [0.2, 0.25) is 0 Å². The van der Waals surface area contributed by atoms with Crippen LogP contribution in [0.4, 0.5) is 4.79 Å². The molecule has 2 rings (SSSR count). The van der Waals surface area contributed by atoms with E-state index in [4.69, 9.17) is 5.11 Å². The highest BCUT2D eigenvalue weighted by Gasteiger charge is 2.33. The maximum atomic E-state index is 11.0. The van der Waals surface area contributed by atoms with E-state index in [9.17, 15) is 9.90 Å². The maximum absolute atomic E-state index is 11.0. The van der Waals surface area contributed by atoms with Crippen LogP contribution in [0.1, 0.15) is 45.1 Å². The van der Waals surface area contributed by atoms with Gasteiger partial charge in [-0.25, -0.2) is 4.79 Å². The lowest BCUT2D eigenvalue weighted by Crippen LogP contribution is -2.41. The second-order valence-electron chi connectivity index (χ2n) is 7.05. The molecule has 0 unspecified atom stereocenters. The molecule has 0 radical (unpaired) electrons. The Balaban J connectivity index is 1.78. The zero-order chi connectivity index (χ0) is 16.2. The van der Waals surface area contributed by atoms with Crippen LogP contribution in [0.15, 0.2) is 24.3 Å². The zero-order valence-electron chi connectivity index (χ0n) is 13.6. The Morgan fingerprint density at radius 3 is 2.36 bits per heavy atom. The third-order valence-corrected chi connectivity index (χ3v) is 5.09. The van der Waals surface area contributed by atoms with Gasteiger partial charge in [0.15, 0.2) is 0 Å². The summed E-state index contributed by atoms with van der Waals surface area (Å²) < 4.78 is 0. The summed E-state index contributed by atoms with van der Waals surface area (Å²) in [5, 5.41) is 18.3. The summed E-state index contributed by atoms with van der Waals surface area (Å²) in [6, 6.07) is 7.44. The molecule has 0 atom stereocenters. The van der Waals surface area contributed by atoms with Gasteiger partial charge in [0.1, 0.15) is 5.75 Å². The van der Waals surface area contributed by atoms with Crippen molar-refractivity contribution in [3.8, 4) is 5.75 Å². The first-order valence-electron chi connectivity index (χ1n) is 8.14. The van der Waals surface area contributed by atoms with Crippen LogP contribution in [0.2, 0.25) is 0 Å². The van der Waals surface area contributed by atoms with Gasteiger partial charge in [-0.3, -0.25) is 0 Å². The molecular weight excluding hydrogens is 278 g/mol. The average molecular weight is 305 g/mol. The normalized spacial score (nSPS) is 16.7. The number of aromatic hydroxyl groups is 1. The van der Waals surface area contributed by atoms with Crippen LogP contribution < -0.4 is 0 Å². The molecule has 4 nitrogen and oxygen atoms in total. The molecule has 0 aliphatic carbocycles. The minimum Gasteiger partial charge on any atom is -0.508 e. The molecule has 0 saturated carbocycles. The van der Waals surface area contributed by atoms with Crippen LogP contribution in [0.25, 0.3) is 0 Å². The fourth-order valence-corrected chi connectivity index (χ4v) is 3.47. The van der Waals surface area contributed by atoms with Crippen LogP contribution in [0.5, 0.6) is 5.75 Å². The maximum Gasteiger partial charge on any atom is 0.407 e. The first-order chi connectivity index (χ1) is 10.4. The summed E-state index contributed by atoms with van der Waals surface area (Å²) in [6.45, 7) is 5.96. The minimum atomic E-state index is -0.788. The molecule has 1 saturated heterocycles. The van der Waals surface area contributed by atoms with Crippen molar-refractivity contribution in [2.75, 3.05) is 13.1 Å². The molecule has 1 aliphatic heterocycles. The van der Waals surface area contributed by atoms with Crippen molar-refractivity contribution in [3.63, 3.8) is 0 Å². The summed E-state index contributed by atoms with van der Waals surface area (Å²) in [5.41, 5.74) is 1.51. The van der Waals surface area contributed by atoms with Gasteiger partial charge in [0, 0.05) is 13.1 Å². The first-order valence-corrected chi connectivity index (χ1v) is 8.14. The number of rotatable bonds is 5. The third-order valence-electron chi connectivity index (χ3n) is 5.09. The summed E-state index contributed by atoms with van der Waals surface area (Å²) in [7, 11) is 0. The summed E-state index contributed by atoms with van der Waals surface area (Å²) in [5.74, 6) is 0.914. The molecule has 1 heterocycles. The van der Waals surface area contributed by atoms with Crippen molar-refractivity contribution in [1.29, 1.82) is 0 Å². The second-order valence-corrected chi connectivity index (χ2v) is 7.05. The van der Waals surface area contributed by atoms with Gasteiger partial charge in [-0.05, 0) is 61.1 Å². The lowest BCUT2D eigenvalue weighted by Gasteiger charge is -2.40. The Hall–Kier alpha value is -1.71. The predicted molar refractivity (Wildman–Crippen MR) is 87.1 cm³/mol. The van der Waals surface area contributed by atoms with E-state index in [-0.39, 0.29) is 5.41 Å². The van der Waals surface area contributed by atoms with Gasteiger partial charge in [-0.1, -0.05) is 26.0 Å². The van der Waals surface area contributed by atoms with Crippen LogP contribution in [0, 0.1) is 11.3 Å². The monoisotopic (exact) mass is 305 g/mol. The lowest BCUT2D eigenvalue weighted by atomic mass is 9.71. The molecule has 0 bridgehead atoms. The number of hydrogen-bond acceptors (Lipinski definition) is 2. The van der Waals surface area contributed by atoms with Crippen molar-refractivity contribution in [3.05, 3.63) is 29.8 Å². The molecule has 1 fully saturated rings. The van der Waals surface area contributed by atoms with E-state index in [1.807, 2.05) is 12.1 Å². The molecule has 4 heteroatoms. The summed E-state index contributed by atoms with van der Waals surface area (Å²) >= 11 is 0. The van der Waals surface area contributed by atoms with E-state index in [2.05, 4.69) is 13.8 Å². The Morgan fingerprint density at radius 2 is 1.82 bits per heavy atom. The van der Waals surface area contributed by atoms with Gasteiger partial charge in [-0.15, -0.1) is 0 Å². The Morgan fingerprint density at radius 1 is 1.23 bits per heavy atom. The molecular formula is C18H27NO3. The zero-order valence-corrected chi connectivity index (χ0v) is 13.6. The molecule has 22 heavy (non-hydrogen) atoms. The second kappa shape index (κ2) is 7.03. The fourth-order valence-electron chi connectivity index (χ4n) is 3.47. The van der Waals surface area contributed by atoms with Crippen LogP contribution in [0.3, 0.4) is 0 Å². The number of carbonyl (C=O) groups is 1. The number of nitrogens with zero attached hydrogens (tertiary/aromatic N) is 1. The number of piperidine rings is 1. The topological polar surface area (TPSA) is 60.8 Å². The van der Waals surface area contributed by atoms with Crippen molar-refractivity contribution in [1.82, 2.24) is 4.90 Å². The molecule has 0 aromatic heterocycles. The smallest absolute Gasteiger partial charge is 0.407 e. The predicted octanol–water partition coefficient (Wildman–Crippen LogP) is 4.13. The largest absolute Gasteiger partial charge is 0.508 e. The number of phenols is 1. The van der Waals surface area contributed by atoms with Gasteiger partial charge >= 0.3 is 6.09 Å². The Kier molecular flexibility index (Phi) is 5.33. The Labute approximate surface area is 132 Å². The van der Waals surface area contributed by atoms with Crippen molar-refractivity contribution >= 4 is 6.09 Å². The van der Waals surface area contributed by atoms with Gasteiger partial charge in [0.25, 0.3) is 0 Å². The number of amides is 1. The van der Waals surface area contributed by atoms with Crippen molar-refractivity contribution < 1.29 is 15.0 Å². The van der Waals surface area contributed by atoms with Gasteiger partial charge in [-0.2, -0.15) is 0 Å². The lowest BCUT2D eigenvalue weighted by molar-refractivity contribution is 0.0832. The molecule has 2 N–H and O–H groups in total. The highest BCUT2D eigenvalue weighted by Crippen LogP contribution is 2.39. The number of aryl methyl sites for hydroxylation is 1. The number of benzene rings is 1. The number of hydrogen-bond donors (Lipinski definition) is 2. The van der Waals surface area contributed by atoms with Crippen LogP contribution >= 0.6 is 0 Å². The molecule has 0 spiro atoms. The third kappa shape index (κ3) is 4.39. The van der Waals surface area contributed by atoms with E-state index in [1.165, 1.54) is 10.5 Å². The highest BCUT2D eigenvalue weighted by atomic mass is 16.4. The van der Waals surface area contributed by atoms with E-state index >= 15 is 0 Å². The number of carboxylic acid groups (broad SMARTS) is 1. The van der Waals surface area contributed by atoms with Crippen molar-refractivity contribution in [2.24, 2.45) is 11.3 Å². The van der Waals surface area contributed by atoms with Gasteiger partial charge < -0.3 is 15.1 Å². The van der Waals surface area contributed by atoms with Crippen LogP contribution in [-0.4, -0.2) is 34.3 Å². The molecule has 1 aromatic rings. The Bertz CT molecular complexity index is 488. The summed E-state index contributed by atoms with van der Waals surface area (Å²) in [4.78, 5) is 12.5.